The first-order chi connectivity index (χ1) is 10.2. The molecule has 0 amide bonds. The number of rotatable bonds is 7. The van der Waals surface area contributed by atoms with Gasteiger partial charge in [-0.1, -0.05) is 13.0 Å². The fourth-order valence-electron chi connectivity index (χ4n) is 3.41. The Hall–Kier alpha value is -1.10. The van der Waals surface area contributed by atoms with Gasteiger partial charge in [-0.2, -0.15) is 0 Å². The number of likely N-dealkylation sites (N-methyl/N-ethyl adjacent to an activating group) is 2. The second-order valence-electron chi connectivity index (χ2n) is 5.56. The molecular formula is C17H28N2O2. The first-order valence-corrected chi connectivity index (χ1v) is 7.82. The second kappa shape index (κ2) is 7.78. The van der Waals surface area contributed by atoms with Gasteiger partial charge in [0.1, 0.15) is 5.75 Å². The number of ether oxygens (including phenoxy) is 2. The predicted octanol–water partition coefficient (Wildman–Crippen LogP) is 2.24. The molecule has 0 heterocycles. The third-order valence-electron chi connectivity index (χ3n) is 4.55. The Labute approximate surface area is 128 Å². The number of hydrogen-bond donors (Lipinski definition) is 1. The van der Waals surface area contributed by atoms with Gasteiger partial charge in [0, 0.05) is 25.7 Å². The molecule has 2 rings (SSSR count). The highest BCUT2D eigenvalue weighted by Crippen LogP contribution is 2.34. The normalized spacial score (nSPS) is 21.4. The van der Waals surface area contributed by atoms with E-state index >= 15 is 0 Å². The minimum atomic E-state index is 0.372. The Morgan fingerprint density at radius 3 is 2.76 bits per heavy atom. The lowest BCUT2D eigenvalue weighted by atomic mass is 9.83. The molecule has 2 atom stereocenters. The molecule has 1 aromatic rings. The topological polar surface area (TPSA) is 33.7 Å². The van der Waals surface area contributed by atoms with Gasteiger partial charge in [-0.15, -0.1) is 0 Å². The molecule has 0 saturated carbocycles. The van der Waals surface area contributed by atoms with Gasteiger partial charge < -0.3 is 14.8 Å². The molecule has 0 radical (unpaired) electrons. The molecule has 4 nitrogen and oxygen atoms in total. The van der Waals surface area contributed by atoms with Crippen molar-refractivity contribution in [2.45, 2.75) is 31.8 Å². The van der Waals surface area contributed by atoms with E-state index in [1.54, 1.807) is 14.2 Å². The number of nitrogens with one attached hydrogen (secondary N) is 1. The van der Waals surface area contributed by atoms with Crippen molar-refractivity contribution in [1.82, 2.24) is 10.2 Å². The van der Waals surface area contributed by atoms with Crippen LogP contribution in [0.5, 0.6) is 5.75 Å². The van der Waals surface area contributed by atoms with Gasteiger partial charge in [-0.25, -0.2) is 0 Å². The molecule has 0 bridgehead atoms. The molecule has 1 aliphatic carbocycles. The highest BCUT2D eigenvalue weighted by molar-refractivity contribution is 5.40. The van der Waals surface area contributed by atoms with E-state index in [2.05, 4.69) is 42.4 Å². The molecule has 1 aliphatic rings. The highest BCUT2D eigenvalue weighted by Gasteiger charge is 2.32. The molecule has 21 heavy (non-hydrogen) atoms. The van der Waals surface area contributed by atoms with Crippen LogP contribution in [-0.2, 0) is 11.2 Å². The lowest BCUT2D eigenvalue weighted by Gasteiger charge is -2.40. The number of benzene rings is 1. The van der Waals surface area contributed by atoms with Crippen molar-refractivity contribution in [3.63, 3.8) is 0 Å². The number of aryl methyl sites for hydroxylation is 1. The smallest absolute Gasteiger partial charge is 0.119 e. The summed E-state index contributed by atoms with van der Waals surface area (Å²) in [6.45, 7) is 5.06. The second-order valence-corrected chi connectivity index (χ2v) is 5.56. The molecule has 2 unspecified atom stereocenters. The van der Waals surface area contributed by atoms with E-state index in [0.29, 0.717) is 12.1 Å². The zero-order chi connectivity index (χ0) is 15.2. The van der Waals surface area contributed by atoms with Crippen molar-refractivity contribution in [2.75, 3.05) is 41.0 Å². The van der Waals surface area contributed by atoms with Crippen molar-refractivity contribution < 1.29 is 9.47 Å². The average Bonchev–Trinajstić information content (AvgIpc) is 2.54. The monoisotopic (exact) mass is 292 g/mol. The molecule has 0 aromatic heterocycles. The van der Waals surface area contributed by atoms with Crippen molar-refractivity contribution >= 4 is 0 Å². The van der Waals surface area contributed by atoms with Crippen molar-refractivity contribution in [3.05, 3.63) is 29.3 Å². The van der Waals surface area contributed by atoms with Crippen molar-refractivity contribution in [2.24, 2.45) is 0 Å². The van der Waals surface area contributed by atoms with Crippen LogP contribution < -0.4 is 10.1 Å². The first-order valence-electron chi connectivity index (χ1n) is 7.82. The van der Waals surface area contributed by atoms with E-state index < -0.39 is 0 Å². The Morgan fingerprint density at radius 2 is 2.14 bits per heavy atom. The summed E-state index contributed by atoms with van der Waals surface area (Å²) >= 11 is 0. The number of fused-ring (bicyclic) bond motifs is 1. The Kier molecular flexibility index (Phi) is 6.03. The first kappa shape index (κ1) is 16.3. The minimum Gasteiger partial charge on any atom is -0.497 e. The third kappa shape index (κ3) is 3.57. The Morgan fingerprint density at radius 1 is 1.33 bits per heavy atom. The zero-order valence-corrected chi connectivity index (χ0v) is 13.7. The van der Waals surface area contributed by atoms with Gasteiger partial charge >= 0.3 is 0 Å². The molecule has 4 heteroatoms. The summed E-state index contributed by atoms with van der Waals surface area (Å²) in [4.78, 5) is 2.53. The quantitative estimate of drug-likeness (QED) is 0.835. The van der Waals surface area contributed by atoms with E-state index in [0.717, 1.165) is 31.9 Å². The Bertz CT molecular complexity index is 450. The lowest BCUT2D eigenvalue weighted by Crippen LogP contribution is -2.47. The summed E-state index contributed by atoms with van der Waals surface area (Å²) in [6, 6.07) is 7.36. The summed E-state index contributed by atoms with van der Waals surface area (Å²) in [5, 5.41) is 3.52. The van der Waals surface area contributed by atoms with Crippen LogP contribution in [0.25, 0.3) is 0 Å². The van der Waals surface area contributed by atoms with Crippen LogP contribution in [0.15, 0.2) is 18.2 Å². The molecule has 1 N–H and O–H groups in total. The zero-order valence-electron chi connectivity index (χ0n) is 13.7. The largest absolute Gasteiger partial charge is 0.497 e. The van der Waals surface area contributed by atoms with Gasteiger partial charge in [0.25, 0.3) is 0 Å². The van der Waals surface area contributed by atoms with Crippen LogP contribution in [0.2, 0.25) is 0 Å². The van der Waals surface area contributed by atoms with E-state index in [4.69, 9.17) is 9.47 Å². The number of nitrogens with zero attached hydrogens (tertiary/aromatic N) is 1. The maximum absolute atomic E-state index is 5.35. The van der Waals surface area contributed by atoms with Gasteiger partial charge in [0.2, 0.25) is 0 Å². The van der Waals surface area contributed by atoms with Gasteiger partial charge in [0.15, 0.2) is 0 Å². The van der Waals surface area contributed by atoms with Gasteiger partial charge in [-0.05, 0) is 49.7 Å². The van der Waals surface area contributed by atoms with E-state index in [1.165, 1.54) is 17.5 Å². The van der Waals surface area contributed by atoms with Crippen LogP contribution in [0.3, 0.4) is 0 Å². The Balaban J connectivity index is 2.22. The van der Waals surface area contributed by atoms with Crippen LogP contribution in [-0.4, -0.2) is 51.9 Å². The molecular weight excluding hydrogens is 264 g/mol. The maximum atomic E-state index is 5.35. The van der Waals surface area contributed by atoms with E-state index in [-0.39, 0.29) is 0 Å². The summed E-state index contributed by atoms with van der Waals surface area (Å²) < 4.78 is 10.6. The molecule has 118 valence electrons. The van der Waals surface area contributed by atoms with Gasteiger partial charge in [0.05, 0.1) is 13.7 Å². The predicted molar refractivity (Wildman–Crippen MR) is 86.0 cm³/mol. The average molecular weight is 292 g/mol. The summed E-state index contributed by atoms with van der Waals surface area (Å²) in [5.74, 6) is 0.953. The molecule has 1 aromatic carbocycles. The molecule has 0 saturated heterocycles. The van der Waals surface area contributed by atoms with Gasteiger partial charge in [-0.3, -0.25) is 4.90 Å². The molecule has 0 aliphatic heterocycles. The van der Waals surface area contributed by atoms with Crippen LogP contribution in [0.4, 0.5) is 0 Å². The highest BCUT2D eigenvalue weighted by atomic mass is 16.5. The fourth-order valence-corrected chi connectivity index (χ4v) is 3.41. The SMILES string of the molecule is CCN(CCOC)C1CCc2cc(OC)ccc2C1NC. The molecule has 0 spiro atoms. The van der Waals surface area contributed by atoms with Crippen LogP contribution in [0, 0.1) is 0 Å². The number of hydrogen-bond acceptors (Lipinski definition) is 4. The minimum absolute atomic E-state index is 0.372. The molecule has 0 fully saturated rings. The number of methoxy groups -OCH3 is 2. The summed E-state index contributed by atoms with van der Waals surface area (Å²) in [7, 11) is 5.56. The van der Waals surface area contributed by atoms with Crippen molar-refractivity contribution in [3.8, 4) is 5.75 Å². The summed E-state index contributed by atoms with van der Waals surface area (Å²) in [6.07, 6.45) is 2.28. The third-order valence-corrected chi connectivity index (χ3v) is 4.55. The summed E-state index contributed by atoms with van der Waals surface area (Å²) in [5.41, 5.74) is 2.82. The lowest BCUT2D eigenvalue weighted by molar-refractivity contribution is 0.0994. The van der Waals surface area contributed by atoms with E-state index in [1.807, 2.05) is 0 Å². The van der Waals surface area contributed by atoms with Crippen LogP contribution >= 0.6 is 0 Å². The fraction of sp³-hybridized carbons (Fsp3) is 0.647. The standard InChI is InChI=1S/C17H28N2O2/c1-5-19(10-11-20-3)16-9-6-13-12-14(21-4)7-8-15(13)17(16)18-2/h7-8,12,16-18H,5-6,9-11H2,1-4H3. The van der Waals surface area contributed by atoms with Crippen molar-refractivity contribution in [1.29, 1.82) is 0 Å². The maximum Gasteiger partial charge on any atom is 0.119 e. The van der Waals surface area contributed by atoms with E-state index in [9.17, 15) is 0 Å². The van der Waals surface area contributed by atoms with Crippen LogP contribution in [0.1, 0.15) is 30.5 Å².